The van der Waals surface area contributed by atoms with Crippen molar-refractivity contribution in [1.82, 2.24) is 0 Å². The largest absolute Gasteiger partial charge is 0.312 e. The molecule has 2 unspecified atom stereocenters. The minimum Gasteiger partial charge on any atom is -0.312 e. The molecule has 0 bridgehead atoms. The number of hydrogen-bond donors (Lipinski definition) is 1. The number of alkyl halides is 1. The summed E-state index contributed by atoms with van der Waals surface area (Å²) in [7, 11) is 0. The second-order valence-electron chi connectivity index (χ2n) is 4.33. The number of hydrogen-bond acceptors (Lipinski definition) is 2. The predicted molar refractivity (Wildman–Crippen MR) is 75.7 cm³/mol. The van der Waals surface area contributed by atoms with Crippen LogP contribution < -0.4 is 5.73 Å². The molecule has 0 saturated carbocycles. The molecule has 1 aromatic heterocycles. The quantitative estimate of drug-likeness (QED) is 0.657. The lowest BCUT2D eigenvalue weighted by Crippen LogP contribution is -2.40. The highest BCUT2D eigenvalue weighted by Crippen LogP contribution is 2.34. The van der Waals surface area contributed by atoms with Crippen LogP contribution in [-0.4, -0.2) is 5.00 Å². The summed E-state index contributed by atoms with van der Waals surface area (Å²) < 4.78 is 0. The molecule has 1 nitrogen and oxygen atoms in total. The third kappa shape index (κ3) is 3.09. The van der Waals surface area contributed by atoms with Crippen molar-refractivity contribution in [1.29, 1.82) is 0 Å². The molecule has 2 N–H and O–H groups in total. The van der Waals surface area contributed by atoms with E-state index in [4.69, 9.17) is 17.3 Å². The van der Waals surface area contributed by atoms with E-state index in [2.05, 4.69) is 30.5 Å². The van der Waals surface area contributed by atoms with Gasteiger partial charge in [-0.25, -0.2) is 0 Å². The maximum atomic E-state index is 6.50. The van der Waals surface area contributed by atoms with Crippen LogP contribution in [0.2, 0.25) is 0 Å². The van der Waals surface area contributed by atoms with E-state index < -0.39 is 5.00 Å². The van der Waals surface area contributed by atoms with Crippen molar-refractivity contribution in [3.05, 3.63) is 58.3 Å². The average molecular weight is 266 g/mol. The molecule has 3 heteroatoms. The summed E-state index contributed by atoms with van der Waals surface area (Å²) in [6, 6.07) is 14.3. The topological polar surface area (TPSA) is 26.0 Å². The monoisotopic (exact) mass is 265 g/mol. The molecule has 0 aliphatic rings. The van der Waals surface area contributed by atoms with E-state index in [1.165, 1.54) is 10.4 Å². The fourth-order valence-corrected chi connectivity index (χ4v) is 3.06. The summed E-state index contributed by atoms with van der Waals surface area (Å²) in [6.07, 6.45) is 0.675. The molecule has 0 aliphatic heterocycles. The molecule has 0 aliphatic carbocycles. The second kappa shape index (κ2) is 5.21. The number of halogens is 1. The Morgan fingerprint density at radius 2 is 1.94 bits per heavy atom. The molecule has 90 valence electrons. The molecule has 0 fully saturated rings. The zero-order chi connectivity index (χ0) is 12.3. The first-order valence-electron chi connectivity index (χ1n) is 5.65. The van der Waals surface area contributed by atoms with Crippen LogP contribution in [0.5, 0.6) is 0 Å². The van der Waals surface area contributed by atoms with Gasteiger partial charge in [0.2, 0.25) is 0 Å². The van der Waals surface area contributed by atoms with Crippen LogP contribution in [-0.2, 0) is 6.42 Å². The smallest absolute Gasteiger partial charge is 0.103 e. The Hall–Kier alpha value is -0.830. The third-order valence-corrected chi connectivity index (χ3v) is 4.52. The summed E-state index contributed by atoms with van der Waals surface area (Å²) >= 11 is 8.20. The Balaban J connectivity index is 2.14. The Labute approximate surface area is 111 Å². The highest BCUT2D eigenvalue weighted by atomic mass is 35.5. The fraction of sp³-hybridized carbons (Fsp3) is 0.286. The van der Waals surface area contributed by atoms with Gasteiger partial charge in [-0.05, 0) is 17.0 Å². The van der Waals surface area contributed by atoms with Gasteiger partial charge < -0.3 is 5.73 Å². The lowest BCUT2D eigenvalue weighted by Gasteiger charge is -2.28. The molecular formula is C14H16ClNS. The molecule has 0 spiro atoms. The summed E-state index contributed by atoms with van der Waals surface area (Å²) in [5.74, 6) is 0.143. The lowest BCUT2D eigenvalue weighted by atomic mass is 9.94. The van der Waals surface area contributed by atoms with Crippen molar-refractivity contribution in [3.63, 3.8) is 0 Å². The first kappa shape index (κ1) is 12.6. The standard InChI is InChI=1S/C14H16ClNS/c1-11(13-8-5-9-17-13)14(15,16)10-12-6-3-2-4-7-12/h2-9,11H,10,16H2,1H3. The van der Waals surface area contributed by atoms with E-state index in [9.17, 15) is 0 Å². The van der Waals surface area contributed by atoms with Crippen molar-refractivity contribution in [2.75, 3.05) is 0 Å². The molecule has 0 amide bonds. The number of benzene rings is 1. The minimum atomic E-state index is -0.730. The molecule has 1 aromatic carbocycles. The van der Waals surface area contributed by atoms with Crippen LogP contribution >= 0.6 is 22.9 Å². The zero-order valence-electron chi connectivity index (χ0n) is 9.77. The summed E-state index contributed by atoms with van der Waals surface area (Å²) in [6.45, 7) is 2.09. The molecule has 2 atom stereocenters. The Bertz CT molecular complexity index is 450. The van der Waals surface area contributed by atoms with Crippen molar-refractivity contribution in [2.45, 2.75) is 24.3 Å². The number of nitrogens with two attached hydrogens (primary N) is 1. The van der Waals surface area contributed by atoms with Gasteiger partial charge in [-0.1, -0.05) is 43.3 Å². The summed E-state index contributed by atoms with van der Waals surface area (Å²) in [4.78, 5) is 0.505. The van der Waals surface area contributed by atoms with Crippen LogP contribution in [0.1, 0.15) is 23.3 Å². The Morgan fingerprint density at radius 1 is 1.24 bits per heavy atom. The predicted octanol–water partition coefficient (Wildman–Crippen LogP) is 3.99. The van der Waals surface area contributed by atoms with Crippen LogP contribution in [0, 0.1) is 0 Å². The van der Waals surface area contributed by atoms with Gasteiger partial charge in [0.1, 0.15) is 5.00 Å². The maximum absolute atomic E-state index is 6.50. The van der Waals surface area contributed by atoms with Crippen LogP contribution in [0.15, 0.2) is 47.8 Å². The van der Waals surface area contributed by atoms with Gasteiger partial charge in [-0.3, -0.25) is 0 Å². The molecule has 0 saturated heterocycles. The van der Waals surface area contributed by atoms with E-state index in [1.807, 2.05) is 24.3 Å². The van der Waals surface area contributed by atoms with Crippen LogP contribution in [0.4, 0.5) is 0 Å². The normalized spacial score (nSPS) is 16.4. The van der Waals surface area contributed by atoms with E-state index in [0.29, 0.717) is 6.42 Å². The Kier molecular flexibility index (Phi) is 3.87. The van der Waals surface area contributed by atoms with E-state index in [0.717, 1.165) is 0 Å². The zero-order valence-corrected chi connectivity index (χ0v) is 11.3. The fourth-order valence-electron chi connectivity index (χ4n) is 1.84. The van der Waals surface area contributed by atoms with Crippen molar-refractivity contribution in [3.8, 4) is 0 Å². The molecule has 2 aromatic rings. The van der Waals surface area contributed by atoms with Gasteiger partial charge >= 0.3 is 0 Å². The molecule has 2 rings (SSSR count). The van der Waals surface area contributed by atoms with Gasteiger partial charge in [-0.2, -0.15) is 0 Å². The van der Waals surface area contributed by atoms with Gasteiger partial charge in [0.15, 0.2) is 0 Å². The third-order valence-electron chi connectivity index (χ3n) is 3.01. The molecule has 17 heavy (non-hydrogen) atoms. The van der Waals surface area contributed by atoms with Crippen molar-refractivity contribution < 1.29 is 0 Å². The highest BCUT2D eigenvalue weighted by Gasteiger charge is 2.31. The Morgan fingerprint density at radius 3 is 2.53 bits per heavy atom. The first-order valence-corrected chi connectivity index (χ1v) is 6.90. The second-order valence-corrected chi connectivity index (χ2v) is 6.01. The van der Waals surface area contributed by atoms with Crippen LogP contribution in [0.25, 0.3) is 0 Å². The van der Waals surface area contributed by atoms with Crippen molar-refractivity contribution >= 4 is 22.9 Å². The van der Waals surface area contributed by atoms with Gasteiger partial charge in [0, 0.05) is 17.2 Å². The van der Waals surface area contributed by atoms with Gasteiger partial charge in [-0.15, -0.1) is 22.9 Å². The number of rotatable bonds is 4. The molecule has 1 heterocycles. The lowest BCUT2D eigenvalue weighted by molar-refractivity contribution is 0.507. The summed E-state index contributed by atoms with van der Waals surface area (Å²) in [5, 5.41) is 2.06. The molecular weight excluding hydrogens is 250 g/mol. The van der Waals surface area contributed by atoms with Gasteiger partial charge in [0.05, 0.1) is 0 Å². The number of thiophene rings is 1. The van der Waals surface area contributed by atoms with E-state index in [-0.39, 0.29) is 5.92 Å². The highest BCUT2D eigenvalue weighted by molar-refractivity contribution is 7.10. The van der Waals surface area contributed by atoms with Gasteiger partial charge in [0.25, 0.3) is 0 Å². The summed E-state index contributed by atoms with van der Waals surface area (Å²) in [5.41, 5.74) is 7.43. The van der Waals surface area contributed by atoms with E-state index >= 15 is 0 Å². The minimum absolute atomic E-state index is 0.143. The average Bonchev–Trinajstić information content (AvgIpc) is 2.82. The molecule has 0 radical (unpaired) electrons. The van der Waals surface area contributed by atoms with Crippen LogP contribution in [0.3, 0.4) is 0 Å². The maximum Gasteiger partial charge on any atom is 0.103 e. The van der Waals surface area contributed by atoms with Crippen molar-refractivity contribution in [2.24, 2.45) is 5.73 Å². The van der Waals surface area contributed by atoms with E-state index in [1.54, 1.807) is 11.3 Å². The first-order chi connectivity index (χ1) is 8.09. The SMILES string of the molecule is CC(c1cccs1)C(N)(Cl)Cc1ccccc1.